The van der Waals surface area contributed by atoms with E-state index in [9.17, 15) is 0 Å². The molecular formula is C133H97LiN7-. The molecule has 0 spiro atoms. The van der Waals surface area contributed by atoms with E-state index in [0.717, 1.165) is 89.7 Å². The van der Waals surface area contributed by atoms with Gasteiger partial charge in [0.05, 0.1) is 55.9 Å². The number of hydrogen-bond donors (Lipinski definition) is 0. The van der Waals surface area contributed by atoms with Crippen LogP contribution in [-0.2, 0) is 10.8 Å². The van der Waals surface area contributed by atoms with Crippen molar-refractivity contribution in [2.45, 2.75) is 38.5 Å². The molecule has 0 atom stereocenters. The normalized spacial score (nSPS) is 12.3. The van der Waals surface area contributed by atoms with Gasteiger partial charge in [0.2, 0.25) is 0 Å². The molecule has 1 N–H and O–H groups in total. The van der Waals surface area contributed by atoms with Crippen molar-refractivity contribution in [2.75, 3.05) is 9.80 Å². The second-order valence-corrected chi connectivity index (χ2v) is 37.3. The van der Waals surface area contributed by atoms with Gasteiger partial charge in [-0.2, -0.15) is 0 Å². The second-order valence-electron chi connectivity index (χ2n) is 37.3. The fourth-order valence-electron chi connectivity index (χ4n) is 21.4. The summed E-state index contributed by atoms with van der Waals surface area (Å²) < 4.78 is 4.72. The molecule has 0 aliphatic heterocycles. The minimum absolute atomic E-state index is 0. The van der Waals surface area contributed by atoms with Crippen LogP contribution in [0.3, 0.4) is 0 Å². The van der Waals surface area contributed by atoms with Gasteiger partial charge in [-0.3, -0.25) is 4.98 Å². The van der Waals surface area contributed by atoms with Gasteiger partial charge in [-0.1, -0.05) is 367 Å². The third-order valence-electron chi connectivity index (χ3n) is 28.4. The molecule has 27 rings (SSSR count). The van der Waals surface area contributed by atoms with Crippen LogP contribution in [0.25, 0.3) is 177 Å². The summed E-state index contributed by atoms with van der Waals surface area (Å²) in [6, 6.07) is 183. The summed E-state index contributed by atoms with van der Waals surface area (Å²) in [5.41, 5.74) is 37.9. The van der Waals surface area contributed by atoms with Crippen LogP contribution in [-0.4, -0.2) is 38.0 Å². The summed E-state index contributed by atoms with van der Waals surface area (Å²) in [6.45, 7) is 9.31. The van der Waals surface area contributed by atoms with Gasteiger partial charge >= 0.3 is 0 Å². The Bertz CT molecular complexity index is 8320. The number of anilines is 6. The molecule has 2 radical (unpaired) electrons. The third-order valence-corrected chi connectivity index (χ3v) is 28.4. The summed E-state index contributed by atoms with van der Waals surface area (Å²) in [6.07, 6.45) is 1.91. The number of para-hydroxylation sites is 6. The predicted molar refractivity (Wildman–Crippen MR) is 593 cm³/mol. The molecule has 0 amide bonds. The maximum atomic E-state index is 5.28. The monoisotopic (exact) mass is 1800 g/mol. The van der Waals surface area contributed by atoms with E-state index in [1.165, 1.54) is 143 Å². The van der Waals surface area contributed by atoms with Crippen LogP contribution in [0.4, 0.5) is 34.1 Å². The Morgan fingerprint density at radius 2 is 0.574 bits per heavy atom. The standard InChI is InChI=1S/C44H32N2.C42H32N2.C36H24N2.C11H8N.Li/c1-3-17-37(18-4-1)45(43-23-11-15-35-13-7-9-21-41(35)43)39-29-25-33(26-30-39)34-27-31-40(32-28-34)46(38-19-5-2-6-20-38)44-24-12-16-36-14-8-10-22-42(36)44;1-41(2)33-11-7-5-9-29(33)31-19-15-27(23-35(31)41)37-21-17-25-13-14-26-18-22-38(44-40(26)39(25)43-37)28-16-20-32-30-10-6-8-12-34(30)42(3,4)36(32)24-28;1-5-13-33-29(9-1)30-10-2-6-14-34(30)37(33)27-21-17-25(18-22-27)26-19-23-28(24-20-26)38-35-15-7-3-11-31(35)32-12-4-8-16-36(32)38;1-2-6-10(7-3-1)11-8-4-5-9-12-11;/h1-32H;5-24H,1-4H3;1-24H;1-6,8-9H;/q;;;2*-1/p+1. The van der Waals surface area contributed by atoms with Gasteiger partial charge < -0.3 is 37.8 Å². The van der Waals surface area contributed by atoms with E-state index in [2.05, 4.69) is 519 Å². The number of benzene rings is 20. The fourth-order valence-corrected chi connectivity index (χ4v) is 21.4. The van der Waals surface area contributed by atoms with Gasteiger partial charge in [-0.25, -0.2) is 9.97 Å². The number of rotatable bonds is 13. The first-order chi connectivity index (χ1) is 69.0. The van der Waals surface area contributed by atoms with E-state index in [1.807, 2.05) is 48.7 Å². The van der Waals surface area contributed by atoms with Gasteiger partial charge in [-0.15, -0.1) is 30.3 Å². The van der Waals surface area contributed by atoms with Crippen LogP contribution in [0.1, 0.15) is 49.9 Å². The Morgan fingerprint density at radius 1 is 0.248 bits per heavy atom. The van der Waals surface area contributed by atoms with Gasteiger partial charge in [0, 0.05) is 105 Å². The number of pyridine rings is 3. The molecule has 8 heteroatoms. The van der Waals surface area contributed by atoms with Gasteiger partial charge in [0.15, 0.2) is 6.20 Å². The molecule has 0 unspecified atom stereocenters. The van der Waals surface area contributed by atoms with Crippen molar-refractivity contribution in [3.63, 3.8) is 0 Å². The number of nitrogens with zero attached hydrogens (tertiary/aromatic N) is 6. The molecule has 7 nitrogen and oxygen atoms in total. The molecule has 0 fully saturated rings. The van der Waals surface area contributed by atoms with Crippen LogP contribution in [0.2, 0.25) is 0 Å². The van der Waals surface area contributed by atoms with E-state index < -0.39 is 0 Å². The first-order valence-electron chi connectivity index (χ1n) is 48.2. The molecule has 5 aromatic heterocycles. The van der Waals surface area contributed by atoms with E-state index >= 15 is 0 Å². The van der Waals surface area contributed by atoms with Crippen molar-refractivity contribution in [1.29, 1.82) is 0 Å². The van der Waals surface area contributed by atoms with Crippen LogP contribution >= 0.6 is 0 Å². The predicted octanol–water partition coefficient (Wildman–Crippen LogP) is 34.5. The maximum absolute atomic E-state index is 5.28. The fraction of sp³-hybridized carbons (Fsp3) is 0.0451. The summed E-state index contributed by atoms with van der Waals surface area (Å²) in [4.78, 5) is 18.4. The zero-order valence-electron chi connectivity index (χ0n) is 79.2. The SMILES string of the molecule is CC1(C)c2ccccc2-c2ccc(-c3ccc4ccc5ccc(-c6ccc7c(c6)C(C)(C)c6ccccc6-7)nc5c4n3)cc21.[Li-].[c-]1ccccc1-c1cccc[nH+]1.c1ccc(N(c2ccc(-c3ccc(N(c4ccccc4)c4cccc5ccccc45)cc3)cc2)c2cccc3ccccc23)cc1.c1ccc2c(c1)c1ccccc1n2-c1ccc(-c2ccc(-n3c4ccccc4c4ccccc43)cc2)cc1. The zero-order chi connectivity index (χ0) is 93.8. The van der Waals surface area contributed by atoms with Crippen molar-refractivity contribution in [2.24, 2.45) is 0 Å². The Morgan fingerprint density at radius 3 is 0.972 bits per heavy atom. The number of hydrogen-bond acceptors (Lipinski definition) is 4. The third kappa shape index (κ3) is 16.2. The molecule has 141 heavy (non-hydrogen) atoms. The molecular weight excluding hydrogens is 1700 g/mol. The number of aromatic nitrogens is 5. The largest absolute Gasteiger partial charge is 1.00 e. The summed E-state index contributed by atoms with van der Waals surface area (Å²) in [5.74, 6) is 0. The second kappa shape index (κ2) is 37.3. The molecule has 2 aliphatic carbocycles. The Hall–Kier alpha value is -17.3. The molecule has 5 heterocycles. The molecule has 20 aromatic carbocycles. The van der Waals surface area contributed by atoms with E-state index in [1.54, 1.807) is 0 Å². The minimum atomic E-state index is -0.0479. The Kier molecular flexibility index (Phi) is 23.2. The van der Waals surface area contributed by atoms with Crippen molar-refractivity contribution >= 4 is 140 Å². The average molecular weight is 1800 g/mol. The average Bonchev–Trinajstić information content (AvgIpc) is 1.61. The first kappa shape index (κ1) is 87.7. The smallest absolute Gasteiger partial charge is 0.158 e. The van der Waals surface area contributed by atoms with Crippen molar-refractivity contribution in [3.8, 4) is 89.7 Å². The molecule has 0 saturated heterocycles. The summed E-state index contributed by atoms with van der Waals surface area (Å²) in [5, 5.41) is 12.2. The summed E-state index contributed by atoms with van der Waals surface area (Å²) in [7, 11) is 0. The Balaban J connectivity index is 0.000000111. The number of H-pyrrole nitrogens is 1. The molecule has 666 valence electrons. The van der Waals surface area contributed by atoms with Crippen molar-refractivity contribution in [1.82, 2.24) is 19.1 Å². The molecule has 0 saturated carbocycles. The molecule has 25 aromatic rings. The zero-order valence-corrected chi connectivity index (χ0v) is 79.2. The van der Waals surface area contributed by atoms with Crippen LogP contribution in [0, 0.1) is 6.07 Å². The Labute approximate surface area is 833 Å². The van der Waals surface area contributed by atoms with Gasteiger partial charge in [0.25, 0.3) is 0 Å². The van der Waals surface area contributed by atoms with Crippen LogP contribution in [0.5, 0.6) is 0 Å². The van der Waals surface area contributed by atoms with Crippen LogP contribution < -0.4 is 14.8 Å². The van der Waals surface area contributed by atoms with Gasteiger partial charge in [0.1, 0.15) is 5.69 Å². The number of aromatic amines is 1. The van der Waals surface area contributed by atoms with E-state index in [0.29, 0.717) is 0 Å². The van der Waals surface area contributed by atoms with E-state index in [4.69, 9.17) is 9.97 Å². The minimum Gasteiger partial charge on any atom is -1.00 e. The van der Waals surface area contributed by atoms with Crippen LogP contribution in [0.15, 0.2) is 510 Å². The number of nitrogens with one attached hydrogen (secondary N) is 1. The maximum Gasteiger partial charge on any atom is 0.158 e. The summed E-state index contributed by atoms with van der Waals surface area (Å²) >= 11 is 0. The van der Waals surface area contributed by atoms with Crippen molar-refractivity contribution < 1.29 is 4.98 Å². The van der Waals surface area contributed by atoms with E-state index in [-0.39, 0.29) is 29.7 Å². The molecule has 0 bridgehead atoms. The topological polar surface area (TPSA) is 56.3 Å². The van der Waals surface area contributed by atoms with Gasteiger partial charge in [-0.05, 0) is 217 Å². The van der Waals surface area contributed by atoms with Crippen molar-refractivity contribution in [3.05, 3.63) is 538 Å². The molecule has 2 aliphatic rings. The first-order valence-corrected chi connectivity index (χ1v) is 48.2. The quantitative estimate of drug-likeness (QED) is 0.0656. The number of fused-ring (bicyclic) bond motifs is 17.